The predicted molar refractivity (Wildman–Crippen MR) is 44.2 cm³/mol. The molecule has 3 aliphatic rings. The van der Waals surface area contributed by atoms with E-state index in [9.17, 15) is 4.79 Å². The normalized spacial score (nSPS) is 33.6. The molecule has 1 aliphatic carbocycles. The van der Waals surface area contributed by atoms with Gasteiger partial charge in [-0.05, 0) is 19.3 Å². The Balaban J connectivity index is 2.19. The molecule has 0 unspecified atom stereocenters. The lowest BCUT2D eigenvalue weighted by molar-refractivity contribution is -0.206. The maximum absolute atomic E-state index is 11.1. The standard InChI is InChI=1S/C9H13NO2/c1-7(11)10-8-3-2-4-9(12-10)6-5-8/h5-6,8-9H,2-4H2,1H3/t8-,9+/m1/s1. The Bertz CT molecular complexity index is 225. The van der Waals surface area contributed by atoms with Crippen LogP contribution in [-0.4, -0.2) is 23.1 Å². The molecule has 3 rings (SSSR count). The van der Waals surface area contributed by atoms with E-state index < -0.39 is 0 Å². The van der Waals surface area contributed by atoms with Crippen molar-refractivity contribution in [1.82, 2.24) is 5.06 Å². The molecule has 0 aromatic rings. The zero-order chi connectivity index (χ0) is 8.55. The van der Waals surface area contributed by atoms with Crippen LogP contribution in [0.15, 0.2) is 12.2 Å². The molecule has 0 radical (unpaired) electrons. The van der Waals surface area contributed by atoms with Crippen molar-refractivity contribution in [2.75, 3.05) is 0 Å². The highest BCUT2D eigenvalue weighted by Gasteiger charge is 2.29. The Morgan fingerprint density at radius 1 is 1.50 bits per heavy atom. The highest BCUT2D eigenvalue weighted by atomic mass is 16.7. The van der Waals surface area contributed by atoms with Crippen LogP contribution in [0.2, 0.25) is 0 Å². The van der Waals surface area contributed by atoms with E-state index in [4.69, 9.17) is 4.84 Å². The Morgan fingerprint density at radius 2 is 2.33 bits per heavy atom. The van der Waals surface area contributed by atoms with Crippen molar-refractivity contribution >= 4 is 5.91 Å². The average molecular weight is 167 g/mol. The summed E-state index contributed by atoms with van der Waals surface area (Å²) in [5, 5.41) is 1.51. The minimum absolute atomic E-state index is 0.0104. The van der Waals surface area contributed by atoms with Gasteiger partial charge in [-0.25, -0.2) is 5.06 Å². The van der Waals surface area contributed by atoms with E-state index >= 15 is 0 Å². The number of hydroxylamine groups is 2. The van der Waals surface area contributed by atoms with Crippen molar-refractivity contribution in [3.8, 4) is 0 Å². The van der Waals surface area contributed by atoms with Crippen molar-refractivity contribution in [2.24, 2.45) is 0 Å². The van der Waals surface area contributed by atoms with E-state index in [1.165, 1.54) is 5.06 Å². The van der Waals surface area contributed by atoms with E-state index in [0.29, 0.717) is 0 Å². The summed E-state index contributed by atoms with van der Waals surface area (Å²) in [7, 11) is 0. The number of nitrogens with zero attached hydrogens (tertiary/aromatic N) is 1. The first kappa shape index (κ1) is 7.80. The van der Waals surface area contributed by atoms with Gasteiger partial charge in [0.1, 0.15) is 6.10 Å². The third-order valence-corrected chi connectivity index (χ3v) is 2.40. The van der Waals surface area contributed by atoms with Gasteiger partial charge in [0.2, 0.25) is 5.91 Å². The Morgan fingerprint density at radius 3 is 3.08 bits per heavy atom. The Kier molecular flexibility index (Phi) is 1.89. The van der Waals surface area contributed by atoms with E-state index in [1.54, 1.807) is 6.92 Å². The lowest BCUT2D eigenvalue weighted by atomic mass is 10.1. The van der Waals surface area contributed by atoms with Crippen LogP contribution in [0, 0.1) is 0 Å². The molecule has 0 N–H and O–H groups in total. The molecule has 3 heteroatoms. The molecular formula is C9H13NO2. The summed E-state index contributed by atoms with van der Waals surface area (Å²) in [5.41, 5.74) is 0. The first-order valence-corrected chi connectivity index (χ1v) is 4.42. The van der Waals surface area contributed by atoms with Crippen LogP contribution in [0.1, 0.15) is 26.2 Å². The highest BCUT2D eigenvalue weighted by Crippen LogP contribution is 2.25. The number of hydrogen-bond donors (Lipinski definition) is 0. The Hall–Kier alpha value is -0.830. The average Bonchev–Trinajstić information content (AvgIpc) is 2.36. The molecule has 1 amide bonds. The minimum atomic E-state index is 0.0104. The molecule has 2 bridgehead atoms. The van der Waals surface area contributed by atoms with E-state index in [2.05, 4.69) is 12.2 Å². The van der Waals surface area contributed by atoms with Gasteiger partial charge in [0.25, 0.3) is 0 Å². The largest absolute Gasteiger partial charge is 0.273 e. The smallest absolute Gasteiger partial charge is 0.243 e. The summed E-state index contributed by atoms with van der Waals surface area (Å²) < 4.78 is 0. The zero-order valence-electron chi connectivity index (χ0n) is 7.19. The molecule has 0 saturated carbocycles. The lowest BCUT2D eigenvalue weighted by Crippen LogP contribution is -2.41. The van der Waals surface area contributed by atoms with Crippen molar-refractivity contribution in [3.05, 3.63) is 12.2 Å². The Labute approximate surface area is 71.9 Å². The molecule has 0 aromatic carbocycles. The molecule has 1 fully saturated rings. The summed E-state index contributed by atoms with van der Waals surface area (Å²) in [6, 6.07) is 0.182. The van der Waals surface area contributed by atoms with Crippen LogP contribution < -0.4 is 0 Å². The maximum Gasteiger partial charge on any atom is 0.243 e. The van der Waals surface area contributed by atoms with Crippen LogP contribution >= 0.6 is 0 Å². The van der Waals surface area contributed by atoms with Gasteiger partial charge in [-0.1, -0.05) is 12.2 Å². The molecule has 2 atom stereocenters. The summed E-state index contributed by atoms with van der Waals surface area (Å²) in [6.07, 6.45) is 7.50. The second-order valence-corrected chi connectivity index (χ2v) is 3.37. The molecule has 12 heavy (non-hydrogen) atoms. The fourth-order valence-corrected chi connectivity index (χ4v) is 1.79. The van der Waals surface area contributed by atoms with E-state index in [-0.39, 0.29) is 18.1 Å². The summed E-state index contributed by atoms with van der Waals surface area (Å²) >= 11 is 0. The SMILES string of the molecule is CC(=O)N1O[C@@H]2C=C[C@H]1CCC2. The number of amides is 1. The molecule has 1 saturated heterocycles. The number of fused-ring (bicyclic) bond motifs is 3. The summed E-state index contributed by atoms with van der Waals surface area (Å²) in [6.45, 7) is 1.55. The minimum Gasteiger partial charge on any atom is -0.273 e. The van der Waals surface area contributed by atoms with Gasteiger partial charge in [0.05, 0.1) is 6.04 Å². The van der Waals surface area contributed by atoms with E-state index in [1.807, 2.05) is 0 Å². The lowest BCUT2D eigenvalue weighted by Gasteiger charge is -2.30. The highest BCUT2D eigenvalue weighted by molar-refractivity contribution is 5.72. The predicted octanol–water partition coefficient (Wildman–Crippen LogP) is 1.26. The number of rotatable bonds is 0. The van der Waals surface area contributed by atoms with Gasteiger partial charge in [0, 0.05) is 6.92 Å². The van der Waals surface area contributed by atoms with Crippen LogP contribution in [0.5, 0.6) is 0 Å². The van der Waals surface area contributed by atoms with Gasteiger partial charge in [0.15, 0.2) is 0 Å². The second kappa shape index (κ2) is 2.90. The van der Waals surface area contributed by atoms with Gasteiger partial charge in [-0.15, -0.1) is 0 Å². The number of carbonyl (C=O) groups is 1. The topological polar surface area (TPSA) is 29.5 Å². The second-order valence-electron chi connectivity index (χ2n) is 3.37. The van der Waals surface area contributed by atoms with Gasteiger partial charge in [-0.2, -0.15) is 0 Å². The van der Waals surface area contributed by atoms with Crippen molar-refractivity contribution < 1.29 is 9.63 Å². The fourth-order valence-electron chi connectivity index (χ4n) is 1.79. The molecule has 2 aliphatic heterocycles. The quantitative estimate of drug-likeness (QED) is 0.508. The zero-order valence-corrected chi connectivity index (χ0v) is 7.19. The third kappa shape index (κ3) is 1.25. The van der Waals surface area contributed by atoms with Gasteiger partial charge >= 0.3 is 0 Å². The first-order valence-electron chi connectivity index (χ1n) is 4.42. The van der Waals surface area contributed by atoms with Crippen molar-refractivity contribution in [3.63, 3.8) is 0 Å². The molecule has 2 heterocycles. The molecule has 0 aromatic heterocycles. The van der Waals surface area contributed by atoms with Gasteiger partial charge < -0.3 is 0 Å². The molecular weight excluding hydrogens is 154 g/mol. The number of carbonyl (C=O) groups excluding carboxylic acids is 1. The van der Waals surface area contributed by atoms with Gasteiger partial charge in [-0.3, -0.25) is 9.63 Å². The van der Waals surface area contributed by atoms with E-state index in [0.717, 1.165) is 19.3 Å². The summed E-state index contributed by atoms with van der Waals surface area (Å²) in [4.78, 5) is 16.6. The molecule has 66 valence electrons. The maximum atomic E-state index is 11.1. The van der Waals surface area contributed by atoms with Crippen LogP contribution in [0.25, 0.3) is 0 Å². The molecule has 0 spiro atoms. The first-order chi connectivity index (χ1) is 5.77. The fraction of sp³-hybridized carbons (Fsp3) is 0.667. The van der Waals surface area contributed by atoms with Crippen LogP contribution in [0.4, 0.5) is 0 Å². The third-order valence-electron chi connectivity index (χ3n) is 2.40. The van der Waals surface area contributed by atoms with Crippen molar-refractivity contribution in [2.45, 2.75) is 38.3 Å². The van der Waals surface area contributed by atoms with Crippen LogP contribution in [-0.2, 0) is 9.63 Å². The number of hydrogen-bond acceptors (Lipinski definition) is 2. The van der Waals surface area contributed by atoms with Crippen molar-refractivity contribution in [1.29, 1.82) is 0 Å². The monoisotopic (exact) mass is 167 g/mol. The molecule has 3 nitrogen and oxygen atoms in total. The summed E-state index contributed by atoms with van der Waals surface area (Å²) in [5.74, 6) is 0.0104. The van der Waals surface area contributed by atoms with Crippen LogP contribution in [0.3, 0.4) is 0 Å².